The Labute approximate surface area is 150 Å². The number of pyridine rings is 1. The summed E-state index contributed by atoms with van der Waals surface area (Å²) < 4.78 is 0. The number of carbonyl (C=O) groups is 1. The number of carbonyl (C=O) groups excluding carboxylic acids is 1. The zero-order valence-electron chi connectivity index (χ0n) is 14.9. The lowest BCUT2D eigenvalue weighted by molar-refractivity contribution is 0.0619. The Hall–Kier alpha value is -1.07. The van der Waals surface area contributed by atoms with Crippen molar-refractivity contribution in [1.82, 2.24) is 14.8 Å². The second-order valence-corrected chi connectivity index (χ2v) is 8.66. The van der Waals surface area contributed by atoms with Crippen molar-refractivity contribution in [3.63, 3.8) is 0 Å². The standard InChI is InChI=1S/C19H29N3OS/c1-15(2)14-21-10-12-22(13-11-21)19(23)17-8-5-9-20-18(17)24-16-6-3-4-7-16/h5,8-9,15-16H,3-4,6-7,10-14H2,1-2H3. The van der Waals surface area contributed by atoms with Gasteiger partial charge in [0.15, 0.2) is 0 Å². The van der Waals surface area contributed by atoms with Crippen molar-refractivity contribution in [3.05, 3.63) is 23.9 Å². The van der Waals surface area contributed by atoms with Gasteiger partial charge < -0.3 is 4.90 Å². The molecule has 1 saturated heterocycles. The van der Waals surface area contributed by atoms with Crippen LogP contribution in [0.5, 0.6) is 0 Å². The van der Waals surface area contributed by atoms with Crippen molar-refractivity contribution in [2.24, 2.45) is 5.92 Å². The molecule has 1 aliphatic heterocycles. The molecule has 4 nitrogen and oxygen atoms in total. The summed E-state index contributed by atoms with van der Waals surface area (Å²) in [5.41, 5.74) is 0.798. The topological polar surface area (TPSA) is 36.4 Å². The lowest BCUT2D eigenvalue weighted by Gasteiger charge is -2.35. The molecule has 0 spiro atoms. The highest BCUT2D eigenvalue weighted by Crippen LogP contribution is 2.35. The summed E-state index contributed by atoms with van der Waals surface area (Å²) in [6.45, 7) is 9.24. The second kappa shape index (κ2) is 8.34. The van der Waals surface area contributed by atoms with Crippen LogP contribution in [0, 0.1) is 5.92 Å². The number of nitrogens with zero attached hydrogens (tertiary/aromatic N) is 3. The van der Waals surface area contributed by atoms with Crippen molar-refractivity contribution in [2.45, 2.75) is 49.8 Å². The molecule has 5 heteroatoms. The lowest BCUT2D eigenvalue weighted by atomic mass is 10.1. The molecular formula is C19H29N3OS. The van der Waals surface area contributed by atoms with E-state index in [9.17, 15) is 4.79 Å². The van der Waals surface area contributed by atoms with E-state index < -0.39 is 0 Å². The van der Waals surface area contributed by atoms with Crippen molar-refractivity contribution in [3.8, 4) is 0 Å². The van der Waals surface area contributed by atoms with Crippen LogP contribution in [0.25, 0.3) is 0 Å². The summed E-state index contributed by atoms with van der Waals surface area (Å²) in [7, 11) is 0. The lowest BCUT2D eigenvalue weighted by Crippen LogP contribution is -2.49. The number of piperazine rings is 1. The number of rotatable bonds is 5. The molecule has 2 aliphatic rings. The minimum Gasteiger partial charge on any atom is -0.336 e. The highest BCUT2D eigenvalue weighted by molar-refractivity contribution is 7.99. The SMILES string of the molecule is CC(C)CN1CCN(C(=O)c2cccnc2SC2CCCC2)CC1. The van der Waals surface area contributed by atoms with E-state index in [4.69, 9.17) is 0 Å². The Morgan fingerprint density at radius 2 is 1.96 bits per heavy atom. The summed E-state index contributed by atoms with van der Waals surface area (Å²) in [6.07, 6.45) is 6.94. The van der Waals surface area contributed by atoms with Crippen LogP contribution in [0.4, 0.5) is 0 Å². The first-order chi connectivity index (χ1) is 11.6. The molecule has 0 aromatic carbocycles. The predicted octanol–water partition coefficient (Wildman–Crippen LogP) is 3.53. The normalized spacial score (nSPS) is 20.0. The Balaban J connectivity index is 1.63. The molecule has 1 aromatic heterocycles. The molecule has 3 rings (SSSR count). The van der Waals surface area contributed by atoms with Crippen LogP contribution in [0.15, 0.2) is 23.4 Å². The van der Waals surface area contributed by atoms with E-state index >= 15 is 0 Å². The number of aromatic nitrogens is 1. The van der Waals surface area contributed by atoms with E-state index in [0.29, 0.717) is 11.2 Å². The van der Waals surface area contributed by atoms with Crippen LogP contribution in [0.2, 0.25) is 0 Å². The maximum Gasteiger partial charge on any atom is 0.256 e. The van der Waals surface area contributed by atoms with Crippen molar-refractivity contribution in [1.29, 1.82) is 0 Å². The molecule has 1 aliphatic carbocycles. The third kappa shape index (κ3) is 4.51. The molecule has 1 saturated carbocycles. The van der Waals surface area contributed by atoms with Gasteiger partial charge >= 0.3 is 0 Å². The number of thioether (sulfide) groups is 1. The third-order valence-electron chi connectivity index (χ3n) is 4.86. The Morgan fingerprint density at radius 3 is 2.62 bits per heavy atom. The average Bonchev–Trinajstić information content (AvgIpc) is 3.08. The van der Waals surface area contributed by atoms with Crippen LogP contribution in [0.1, 0.15) is 49.9 Å². The molecule has 0 atom stereocenters. The molecule has 0 unspecified atom stereocenters. The zero-order valence-corrected chi connectivity index (χ0v) is 15.7. The van der Waals surface area contributed by atoms with E-state index in [0.717, 1.165) is 43.3 Å². The molecule has 1 amide bonds. The Bertz CT molecular complexity index is 549. The zero-order chi connectivity index (χ0) is 16.9. The van der Waals surface area contributed by atoms with Crippen LogP contribution < -0.4 is 0 Å². The van der Waals surface area contributed by atoms with E-state index in [1.165, 1.54) is 25.7 Å². The summed E-state index contributed by atoms with van der Waals surface area (Å²) in [5.74, 6) is 0.841. The summed E-state index contributed by atoms with van der Waals surface area (Å²) in [5, 5.41) is 1.56. The quantitative estimate of drug-likeness (QED) is 0.816. The van der Waals surface area contributed by atoms with Gasteiger partial charge in [-0.2, -0.15) is 0 Å². The van der Waals surface area contributed by atoms with Gasteiger partial charge in [0.1, 0.15) is 5.03 Å². The third-order valence-corrected chi connectivity index (χ3v) is 6.22. The van der Waals surface area contributed by atoms with E-state index in [-0.39, 0.29) is 5.91 Å². The molecule has 2 fully saturated rings. The van der Waals surface area contributed by atoms with Gasteiger partial charge in [-0.3, -0.25) is 9.69 Å². The maximum atomic E-state index is 13.0. The molecule has 2 heterocycles. The fourth-order valence-corrected chi connectivity index (χ4v) is 4.92. The van der Waals surface area contributed by atoms with Crippen LogP contribution in [0.3, 0.4) is 0 Å². The van der Waals surface area contributed by atoms with Crippen LogP contribution >= 0.6 is 11.8 Å². The molecular weight excluding hydrogens is 318 g/mol. The molecule has 1 aromatic rings. The first kappa shape index (κ1) is 17.7. The van der Waals surface area contributed by atoms with Crippen molar-refractivity contribution >= 4 is 17.7 Å². The fourth-order valence-electron chi connectivity index (χ4n) is 3.63. The Morgan fingerprint density at radius 1 is 1.25 bits per heavy atom. The van der Waals surface area contributed by atoms with E-state index in [1.807, 2.05) is 35.0 Å². The van der Waals surface area contributed by atoms with E-state index in [2.05, 4.69) is 23.7 Å². The van der Waals surface area contributed by atoms with E-state index in [1.54, 1.807) is 0 Å². The molecule has 24 heavy (non-hydrogen) atoms. The van der Waals surface area contributed by atoms with Gasteiger partial charge in [-0.15, -0.1) is 11.8 Å². The highest BCUT2D eigenvalue weighted by Gasteiger charge is 2.26. The average molecular weight is 348 g/mol. The Kier molecular flexibility index (Phi) is 6.17. The van der Waals surface area contributed by atoms with Gasteiger partial charge in [0.05, 0.1) is 5.56 Å². The summed E-state index contributed by atoms with van der Waals surface area (Å²) in [4.78, 5) is 22.0. The van der Waals surface area contributed by atoms with Gasteiger partial charge in [0.25, 0.3) is 5.91 Å². The monoisotopic (exact) mass is 347 g/mol. The largest absolute Gasteiger partial charge is 0.336 e. The molecule has 132 valence electrons. The highest BCUT2D eigenvalue weighted by atomic mass is 32.2. The molecule has 0 N–H and O–H groups in total. The van der Waals surface area contributed by atoms with Gasteiger partial charge in [0.2, 0.25) is 0 Å². The molecule has 0 bridgehead atoms. The van der Waals surface area contributed by atoms with Gasteiger partial charge in [-0.1, -0.05) is 26.7 Å². The second-order valence-electron chi connectivity index (χ2n) is 7.37. The van der Waals surface area contributed by atoms with Gasteiger partial charge in [0, 0.05) is 44.2 Å². The maximum absolute atomic E-state index is 13.0. The minimum absolute atomic E-state index is 0.160. The first-order valence-corrected chi connectivity index (χ1v) is 10.1. The summed E-state index contributed by atoms with van der Waals surface area (Å²) >= 11 is 1.81. The molecule has 0 radical (unpaired) electrons. The summed E-state index contributed by atoms with van der Waals surface area (Å²) in [6, 6.07) is 3.84. The van der Waals surface area contributed by atoms with Crippen LogP contribution in [-0.4, -0.2) is 58.7 Å². The van der Waals surface area contributed by atoms with Gasteiger partial charge in [-0.25, -0.2) is 4.98 Å². The number of hydrogen-bond acceptors (Lipinski definition) is 4. The van der Waals surface area contributed by atoms with Crippen molar-refractivity contribution < 1.29 is 4.79 Å². The smallest absolute Gasteiger partial charge is 0.256 e. The minimum atomic E-state index is 0.160. The predicted molar refractivity (Wildman–Crippen MR) is 99.5 cm³/mol. The first-order valence-electron chi connectivity index (χ1n) is 9.27. The number of amides is 1. The number of hydrogen-bond donors (Lipinski definition) is 0. The van der Waals surface area contributed by atoms with Gasteiger partial charge in [-0.05, 0) is 30.9 Å². The van der Waals surface area contributed by atoms with Crippen molar-refractivity contribution in [2.75, 3.05) is 32.7 Å². The fraction of sp³-hybridized carbons (Fsp3) is 0.684. The van der Waals surface area contributed by atoms with Crippen LogP contribution in [-0.2, 0) is 0 Å².